The molecular formula is C17H16ClN3O3S. The molecule has 1 aromatic carbocycles. The van der Waals surface area contributed by atoms with Gasteiger partial charge in [0, 0.05) is 48.3 Å². The van der Waals surface area contributed by atoms with Crippen molar-refractivity contribution in [1.29, 1.82) is 0 Å². The fraction of sp³-hybridized carbons (Fsp3) is 0.235. The highest BCUT2D eigenvalue weighted by Gasteiger charge is 2.09. The SMILES string of the molecule is Cn1c(CSCc2cc(-c3ccc(Cl)cc3)no2)cc(=O)n(C)c1=O. The van der Waals surface area contributed by atoms with Crippen LogP contribution in [0.1, 0.15) is 11.5 Å². The van der Waals surface area contributed by atoms with Crippen LogP contribution in [-0.4, -0.2) is 14.3 Å². The Morgan fingerprint density at radius 2 is 1.80 bits per heavy atom. The largest absolute Gasteiger partial charge is 0.360 e. The summed E-state index contributed by atoms with van der Waals surface area (Å²) >= 11 is 7.43. The van der Waals surface area contributed by atoms with Crippen molar-refractivity contribution in [2.45, 2.75) is 11.5 Å². The Morgan fingerprint density at radius 3 is 2.52 bits per heavy atom. The van der Waals surface area contributed by atoms with Crippen molar-refractivity contribution in [3.05, 3.63) is 73.7 Å². The summed E-state index contributed by atoms with van der Waals surface area (Å²) < 4.78 is 7.91. The molecule has 130 valence electrons. The predicted octanol–water partition coefficient (Wildman–Crippen LogP) is 2.83. The monoisotopic (exact) mass is 377 g/mol. The van der Waals surface area contributed by atoms with Crippen LogP contribution in [0.15, 0.2) is 50.5 Å². The third-order valence-electron chi connectivity index (χ3n) is 3.82. The van der Waals surface area contributed by atoms with Crippen LogP contribution in [0.3, 0.4) is 0 Å². The molecule has 0 fully saturated rings. The average molecular weight is 378 g/mol. The molecule has 25 heavy (non-hydrogen) atoms. The van der Waals surface area contributed by atoms with Gasteiger partial charge in [0.25, 0.3) is 5.56 Å². The summed E-state index contributed by atoms with van der Waals surface area (Å²) in [4.78, 5) is 23.6. The first-order chi connectivity index (χ1) is 12.0. The minimum Gasteiger partial charge on any atom is -0.360 e. The quantitative estimate of drug-likeness (QED) is 0.683. The van der Waals surface area contributed by atoms with Gasteiger partial charge in [-0.1, -0.05) is 28.9 Å². The molecule has 0 amide bonds. The van der Waals surface area contributed by atoms with Gasteiger partial charge in [-0.2, -0.15) is 0 Å². The topological polar surface area (TPSA) is 70.0 Å². The molecule has 0 bridgehead atoms. The summed E-state index contributed by atoms with van der Waals surface area (Å²) in [5.74, 6) is 1.84. The van der Waals surface area contributed by atoms with Crippen LogP contribution in [0.25, 0.3) is 11.3 Å². The van der Waals surface area contributed by atoms with Crippen LogP contribution in [0.5, 0.6) is 0 Å². The first-order valence-corrected chi connectivity index (χ1v) is 9.04. The van der Waals surface area contributed by atoms with Gasteiger partial charge in [-0.3, -0.25) is 13.9 Å². The molecule has 2 aromatic heterocycles. The van der Waals surface area contributed by atoms with Crippen molar-refractivity contribution < 1.29 is 4.52 Å². The lowest BCUT2D eigenvalue weighted by Crippen LogP contribution is -2.37. The molecule has 3 rings (SSSR count). The van der Waals surface area contributed by atoms with Crippen LogP contribution in [0.4, 0.5) is 0 Å². The average Bonchev–Trinajstić information content (AvgIpc) is 3.07. The lowest BCUT2D eigenvalue weighted by Gasteiger charge is -2.08. The zero-order valence-corrected chi connectivity index (χ0v) is 15.3. The van der Waals surface area contributed by atoms with E-state index >= 15 is 0 Å². The molecule has 0 aliphatic rings. The highest BCUT2D eigenvalue weighted by molar-refractivity contribution is 7.97. The van der Waals surface area contributed by atoms with E-state index in [1.165, 1.54) is 17.7 Å². The van der Waals surface area contributed by atoms with Crippen molar-refractivity contribution in [1.82, 2.24) is 14.3 Å². The van der Waals surface area contributed by atoms with Gasteiger partial charge in [0.1, 0.15) is 11.5 Å². The maximum atomic E-state index is 11.9. The molecule has 0 aliphatic carbocycles. The molecule has 0 atom stereocenters. The molecule has 0 aliphatic heterocycles. The molecular weight excluding hydrogens is 362 g/mol. The molecule has 0 saturated carbocycles. The van der Waals surface area contributed by atoms with E-state index in [0.717, 1.165) is 21.6 Å². The van der Waals surface area contributed by atoms with Crippen LogP contribution in [0.2, 0.25) is 5.02 Å². The highest BCUT2D eigenvalue weighted by atomic mass is 35.5. The lowest BCUT2D eigenvalue weighted by molar-refractivity contribution is 0.397. The molecule has 0 N–H and O–H groups in total. The van der Waals surface area contributed by atoms with Gasteiger partial charge in [-0.15, -0.1) is 11.8 Å². The van der Waals surface area contributed by atoms with E-state index in [4.69, 9.17) is 16.1 Å². The fourth-order valence-electron chi connectivity index (χ4n) is 2.31. The molecule has 8 heteroatoms. The minimum absolute atomic E-state index is 0.302. The maximum Gasteiger partial charge on any atom is 0.330 e. The smallest absolute Gasteiger partial charge is 0.330 e. The van der Waals surface area contributed by atoms with Crippen LogP contribution in [0, 0.1) is 0 Å². The summed E-state index contributed by atoms with van der Waals surface area (Å²) in [7, 11) is 3.12. The number of benzene rings is 1. The standard InChI is InChI=1S/C17H16ClN3O3S/c1-20-13(7-16(22)21(2)17(20)23)9-25-10-14-8-15(19-24-14)11-3-5-12(18)6-4-11/h3-8H,9-10H2,1-2H3. The van der Waals surface area contributed by atoms with E-state index < -0.39 is 0 Å². The van der Waals surface area contributed by atoms with Crippen molar-refractivity contribution in [3.8, 4) is 11.3 Å². The number of rotatable bonds is 5. The van der Waals surface area contributed by atoms with Gasteiger partial charge in [-0.25, -0.2) is 4.79 Å². The highest BCUT2D eigenvalue weighted by Crippen LogP contribution is 2.24. The third kappa shape index (κ3) is 3.88. The molecule has 0 spiro atoms. The minimum atomic E-state index is -0.326. The van der Waals surface area contributed by atoms with Gasteiger partial charge in [0.15, 0.2) is 0 Å². The first-order valence-electron chi connectivity index (χ1n) is 7.51. The molecule has 2 heterocycles. The van der Waals surface area contributed by atoms with Crippen LogP contribution < -0.4 is 11.2 Å². The summed E-state index contributed by atoms with van der Waals surface area (Å²) in [6.07, 6.45) is 0. The Balaban J connectivity index is 1.67. The summed E-state index contributed by atoms with van der Waals surface area (Å²) in [5, 5.41) is 4.73. The van der Waals surface area contributed by atoms with Gasteiger partial charge in [-0.05, 0) is 12.1 Å². The lowest BCUT2D eigenvalue weighted by atomic mass is 10.1. The van der Waals surface area contributed by atoms with Gasteiger partial charge >= 0.3 is 5.69 Å². The number of hydrogen-bond donors (Lipinski definition) is 0. The molecule has 6 nitrogen and oxygen atoms in total. The number of hydrogen-bond acceptors (Lipinski definition) is 5. The first kappa shape index (κ1) is 17.6. The molecule has 0 saturated heterocycles. The Hall–Kier alpha value is -2.25. The van der Waals surface area contributed by atoms with Crippen LogP contribution >= 0.6 is 23.4 Å². The Kier molecular flexibility index (Phi) is 5.15. The predicted molar refractivity (Wildman–Crippen MR) is 98.9 cm³/mol. The van der Waals surface area contributed by atoms with E-state index in [1.807, 2.05) is 18.2 Å². The van der Waals surface area contributed by atoms with E-state index in [1.54, 1.807) is 30.9 Å². The van der Waals surface area contributed by atoms with E-state index in [0.29, 0.717) is 22.2 Å². The van der Waals surface area contributed by atoms with Crippen molar-refractivity contribution in [2.75, 3.05) is 0 Å². The summed E-state index contributed by atoms with van der Waals surface area (Å²) in [6, 6.07) is 10.7. The number of aromatic nitrogens is 3. The van der Waals surface area contributed by atoms with Crippen molar-refractivity contribution >= 4 is 23.4 Å². The van der Waals surface area contributed by atoms with E-state index in [9.17, 15) is 9.59 Å². The Bertz CT molecular complexity index is 1010. The van der Waals surface area contributed by atoms with Crippen LogP contribution in [-0.2, 0) is 25.6 Å². The third-order valence-corrected chi connectivity index (χ3v) is 5.06. The van der Waals surface area contributed by atoms with Crippen molar-refractivity contribution in [3.63, 3.8) is 0 Å². The summed E-state index contributed by atoms with van der Waals surface area (Å²) in [6.45, 7) is 0. The van der Waals surface area contributed by atoms with Gasteiger partial charge < -0.3 is 4.52 Å². The zero-order chi connectivity index (χ0) is 18.0. The summed E-state index contributed by atoms with van der Waals surface area (Å²) in [5.41, 5.74) is 1.72. The molecule has 3 aromatic rings. The van der Waals surface area contributed by atoms with E-state index in [2.05, 4.69) is 5.16 Å². The Labute approximate surface area is 153 Å². The molecule has 0 unspecified atom stereocenters. The van der Waals surface area contributed by atoms with Gasteiger partial charge in [0.05, 0.1) is 5.75 Å². The normalized spacial score (nSPS) is 11.0. The van der Waals surface area contributed by atoms with Gasteiger partial charge in [0.2, 0.25) is 0 Å². The fourth-order valence-corrected chi connectivity index (χ4v) is 3.36. The zero-order valence-electron chi connectivity index (χ0n) is 13.7. The molecule has 0 radical (unpaired) electrons. The second-order valence-electron chi connectivity index (χ2n) is 5.55. The van der Waals surface area contributed by atoms with E-state index in [-0.39, 0.29) is 11.2 Å². The number of halogens is 1. The maximum absolute atomic E-state index is 11.9. The Morgan fingerprint density at radius 1 is 1.08 bits per heavy atom. The van der Waals surface area contributed by atoms with Crippen molar-refractivity contribution in [2.24, 2.45) is 14.1 Å². The number of thioether (sulfide) groups is 1. The number of nitrogens with zero attached hydrogens (tertiary/aromatic N) is 3. The second-order valence-corrected chi connectivity index (χ2v) is 6.97. The second kappa shape index (κ2) is 7.33.